The molecular formula is C16H11ClN2O4. The van der Waals surface area contributed by atoms with E-state index in [1.54, 1.807) is 18.2 Å². The van der Waals surface area contributed by atoms with Crippen molar-refractivity contribution in [3.63, 3.8) is 0 Å². The van der Waals surface area contributed by atoms with E-state index in [1.807, 2.05) is 12.1 Å². The van der Waals surface area contributed by atoms with Gasteiger partial charge in [-0.05, 0) is 30.3 Å². The molecule has 0 saturated carbocycles. The zero-order valence-electron chi connectivity index (χ0n) is 11.8. The fourth-order valence-corrected chi connectivity index (χ4v) is 2.03. The van der Waals surface area contributed by atoms with E-state index in [-0.39, 0.29) is 18.0 Å². The summed E-state index contributed by atoms with van der Waals surface area (Å²) in [6.07, 6.45) is 1.11. The van der Waals surface area contributed by atoms with Crippen LogP contribution in [0.1, 0.15) is 16.1 Å². The molecule has 7 heteroatoms. The lowest BCUT2D eigenvalue weighted by molar-refractivity contribution is 0.0947. The van der Waals surface area contributed by atoms with Gasteiger partial charge in [-0.15, -0.1) is 0 Å². The second kappa shape index (κ2) is 6.50. The van der Waals surface area contributed by atoms with E-state index in [0.29, 0.717) is 16.5 Å². The maximum absolute atomic E-state index is 11.9. The number of hydrogen-bond donors (Lipinski definition) is 1. The Morgan fingerprint density at radius 1 is 1.17 bits per heavy atom. The SMILES string of the molecule is O=C(NCc1cc(-c2ccc(Cl)cc2)on1)c1ccc(=O)oc1. The van der Waals surface area contributed by atoms with Crippen molar-refractivity contribution in [2.75, 3.05) is 0 Å². The molecule has 0 radical (unpaired) electrons. The first-order valence-corrected chi connectivity index (χ1v) is 7.08. The van der Waals surface area contributed by atoms with Crippen LogP contribution in [-0.4, -0.2) is 11.1 Å². The Kier molecular flexibility index (Phi) is 4.25. The van der Waals surface area contributed by atoms with Crippen molar-refractivity contribution in [2.45, 2.75) is 6.54 Å². The van der Waals surface area contributed by atoms with Crippen LogP contribution in [0, 0.1) is 0 Å². The number of hydrogen-bond acceptors (Lipinski definition) is 5. The highest BCUT2D eigenvalue weighted by Gasteiger charge is 2.10. The van der Waals surface area contributed by atoms with Crippen molar-refractivity contribution >= 4 is 17.5 Å². The van der Waals surface area contributed by atoms with Crippen molar-refractivity contribution in [2.24, 2.45) is 0 Å². The fraction of sp³-hybridized carbons (Fsp3) is 0.0625. The third-order valence-corrected chi connectivity index (χ3v) is 3.33. The molecule has 0 aliphatic carbocycles. The van der Waals surface area contributed by atoms with Crippen LogP contribution in [0.4, 0.5) is 0 Å². The van der Waals surface area contributed by atoms with Gasteiger partial charge >= 0.3 is 5.63 Å². The summed E-state index contributed by atoms with van der Waals surface area (Å²) in [7, 11) is 0. The van der Waals surface area contributed by atoms with Crippen LogP contribution in [0.5, 0.6) is 0 Å². The Balaban J connectivity index is 1.65. The highest BCUT2D eigenvalue weighted by molar-refractivity contribution is 6.30. The Bertz CT molecular complexity index is 863. The molecule has 0 fully saturated rings. The molecule has 1 aromatic carbocycles. The lowest BCUT2D eigenvalue weighted by Crippen LogP contribution is -2.23. The Morgan fingerprint density at radius 3 is 2.65 bits per heavy atom. The van der Waals surface area contributed by atoms with Gasteiger partial charge in [0.05, 0.1) is 12.1 Å². The molecule has 0 spiro atoms. The van der Waals surface area contributed by atoms with Crippen LogP contribution in [-0.2, 0) is 6.54 Å². The van der Waals surface area contributed by atoms with Gasteiger partial charge < -0.3 is 14.3 Å². The van der Waals surface area contributed by atoms with Gasteiger partial charge in [-0.1, -0.05) is 16.8 Å². The number of halogens is 1. The molecule has 0 atom stereocenters. The Labute approximate surface area is 135 Å². The average molecular weight is 331 g/mol. The molecule has 2 aromatic heterocycles. The van der Waals surface area contributed by atoms with Crippen LogP contribution in [0.2, 0.25) is 5.02 Å². The number of benzene rings is 1. The maximum Gasteiger partial charge on any atom is 0.335 e. The first-order chi connectivity index (χ1) is 11.1. The molecule has 116 valence electrons. The summed E-state index contributed by atoms with van der Waals surface area (Å²) in [6.45, 7) is 0.190. The monoisotopic (exact) mass is 330 g/mol. The molecule has 1 amide bonds. The number of amides is 1. The van der Waals surface area contributed by atoms with Crippen LogP contribution < -0.4 is 10.9 Å². The molecule has 0 unspecified atom stereocenters. The molecule has 0 aliphatic rings. The summed E-state index contributed by atoms with van der Waals surface area (Å²) >= 11 is 5.84. The highest BCUT2D eigenvalue weighted by Crippen LogP contribution is 2.22. The minimum atomic E-state index is -0.509. The van der Waals surface area contributed by atoms with E-state index in [1.165, 1.54) is 12.1 Å². The summed E-state index contributed by atoms with van der Waals surface area (Å²) < 4.78 is 9.88. The Hall–Kier alpha value is -2.86. The minimum absolute atomic E-state index is 0.190. The van der Waals surface area contributed by atoms with Crippen molar-refractivity contribution < 1.29 is 13.7 Å². The molecule has 0 bridgehead atoms. The van der Waals surface area contributed by atoms with Crippen molar-refractivity contribution in [1.82, 2.24) is 10.5 Å². The third-order valence-electron chi connectivity index (χ3n) is 3.08. The maximum atomic E-state index is 11.9. The Morgan fingerprint density at radius 2 is 1.96 bits per heavy atom. The van der Waals surface area contributed by atoms with Crippen LogP contribution in [0.3, 0.4) is 0 Å². The van der Waals surface area contributed by atoms with Gasteiger partial charge in [0, 0.05) is 22.7 Å². The number of rotatable bonds is 4. The van der Waals surface area contributed by atoms with E-state index in [4.69, 9.17) is 16.1 Å². The van der Waals surface area contributed by atoms with Crippen molar-refractivity contribution in [1.29, 1.82) is 0 Å². The molecule has 1 N–H and O–H groups in total. The number of aromatic nitrogens is 1. The second-order valence-corrected chi connectivity index (χ2v) is 5.15. The smallest absolute Gasteiger partial charge is 0.335 e. The molecular weight excluding hydrogens is 320 g/mol. The molecule has 6 nitrogen and oxygen atoms in total. The number of nitrogens with one attached hydrogen (secondary N) is 1. The normalized spacial score (nSPS) is 10.5. The highest BCUT2D eigenvalue weighted by atomic mass is 35.5. The largest absolute Gasteiger partial charge is 0.430 e. The lowest BCUT2D eigenvalue weighted by Gasteiger charge is -2.01. The molecule has 0 aliphatic heterocycles. The first-order valence-electron chi connectivity index (χ1n) is 6.70. The summed E-state index contributed by atoms with van der Waals surface area (Å²) in [4.78, 5) is 22.8. The van der Waals surface area contributed by atoms with Gasteiger partial charge in [0.15, 0.2) is 5.76 Å². The second-order valence-electron chi connectivity index (χ2n) is 4.72. The molecule has 0 saturated heterocycles. The summed E-state index contributed by atoms with van der Waals surface area (Å²) in [5.41, 5.74) is 1.15. The predicted octanol–water partition coefficient (Wildman–Crippen LogP) is 2.88. The predicted molar refractivity (Wildman–Crippen MR) is 83.1 cm³/mol. The van der Waals surface area contributed by atoms with E-state index in [2.05, 4.69) is 14.9 Å². The van der Waals surface area contributed by atoms with E-state index in [9.17, 15) is 9.59 Å². The van der Waals surface area contributed by atoms with Gasteiger partial charge in [0.2, 0.25) is 0 Å². The van der Waals surface area contributed by atoms with Crippen LogP contribution >= 0.6 is 11.6 Å². The van der Waals surface area contributed by atoms with Gasteiger partial charge in [0.1, 0.15) is 12.0 Å². The van der Waals surface area contributed by atoms with E-state index in [0.717, 1.165) is 11.8 Å². The van der Waals surface area contributed by atoms with Gasteiger partial charge in [-0.3, -0.25) is 4.79 Å². The number of nitrogens with zero attached hydrogens (tertiary/aromatic N) is 1. The first kappa shape index (κ1) is 15.1. The minimum Gasteiger partial charge on any atom is -0.430 e. The zero-order valence-corrected chi connectivity index (χ0v) is 12.5. The lowest BCUT2D eigenvalue weighted by atomic mass is 10.1. The van der Waals surface area contributed by atoms with Crippen molar-refractivity contribution in [3.05, 3.63) is 75.4 Å². The molecule has 23 heavy (non-hydrogen) atoms. The average Bonchev–Trinajstić information content (AvgIpc) is 3.03. The van der Waals surface area contributed by atoms with Crippen LogP contribution in [0.25, 0.3) is 11.3 Å². The zero-order chi connectivity index (χ0) is 16.2. The van der Waals surface area contributed by atoms with Crippen molar-refractivity contribution in [3.8, 4) is 11.3 Å². The summed E-state index contributed by atoms with van der Waals surface area (Å²) in [6, 6.07) is 11.4. The number of carbonyl (C=O) groups is 1. The molecule has 2 heterocycles. The summed E-state index contributed by atoms with van der Waals surface area (Å²) in [5, 5.41) is 7.20. The van der Waals surface area contributed by atoms with E-state index >= 15 is 0 Å². The number of carbonyl (C=O) groups excluding carboxylic acids is 1. The van der Waals surface area contributed by atoms with Crippen LogP contribution in [0.15, 0.2) is 62.5 Å². The van der Waals surface area contributed by atoms with Gasteiger partial charge in [0.25, 0.3) is 5.91 Å². The quantitative estimate of drug-likeness (QED) is 0.795. The molecule has 3 rings (SSSR count). The van der Waals surface area contributed by atoms with Gasteiger partial charge in [-0.2, -0.15) is 0 Å². The summed E-state index contributed by atoms with van der Waals surface area (Å²) in [5.74, 6) is 0.210. The fourth-order valence-electron chi connectivity index (χ4n) is 1.91. The standard InChI is InChI=1S/C16H11ClN2O4/c17-12-4-1-10(2-5-12)14-7-13(19-23-14)8-18-16(21)11-3-6-15(20)22-9-11/h1-7,9H,8H2,(H,18,21). The topological polar surface area (TPSA) is 85.3 Å². The molecule has 3 aromatic rings. The third kappa shape index (κ3) is 3.67. The van der Waals surface area contributed by atoms with Gasteiger partial charge in [-0.25, -0.2) is 4.79 Å². The van der Waals surface area contributed by atoms with E-state index < -0.39 is 5.63 Å².